The van der Waals surface area contributed by atoms with E-state index in [1.54, 1.807) is 11.3 Å². The summed E-state index contributed by atoms with van der Waals surface area (Å²) in [5.41, 5.74) is 1.78. The third-order valence-corrected chi connectivity index (χ3v) is 4.29. The van der Waals surface area contributed by atoms with Crippen molar-refractivity contribution in [3.63, 3.8) is 0 Å². The van der Waals surface area contributed by atoms with Crippen LogP contribution in [0.4, 0.5) is 5.82 Å². The monoisotopic (exact) mass is 295 g/mol. The fraction of sp³-hybridized carbons (Fsp3) is 0.429. The minimum Gasteiger partial charge on any atom is -0.360 e. The van der Waals surface area contributed by atoms with Crippen molar-refractivity contribution < 1.29 is 0 Å². The zero-order valence-corrected chi connectivity index (χ0v) is 13.0. The van der Waals surface area contributed by atoms with E-state index in [-0.39, 0.29) is 6.04 Å². The van der Waals surface area contributed by atoms with Gasteiger partial charge in [0, 0.05) is 4.88 Å². The fourth-order valence-corrected chi connectivity index (χ4v) is 2.93. The molecule has 0 bridgehead atoms. The zero-order valence-electron chi connectivity index (χ0n) is 11.4. The lowest BCUT2D eigenvalue weighted by atomic mass is 10.1. The summed E-state index contributed by atoms with van der Waals surface area (Å²) in [5, 5.41) is 5.96. The van der Waals surface area contributed by atoms with Crippen LogP contribution in [-0.2, 0) is 0 Å². The van der Waals surface area contributed by atoms with Crippen LogP contribution in [0.15, 0.2) is 17.5 Å². The maximum atomic E-state index is 6.17. The van der Waals surface area contributed by atoms with Gasteiger partial charge in [0.15, 0.2) is 11.0 Å². The third kappa shape index (κ3) is 3.45. The van der Waals surface area contributed by atoms with Crippen LogP contribution in [0.2, 0.25) is 5.15 Å². The second-order valence-corrected chi connectivity index (χ2v) is 5.87. The molecule has 19 heavy (non-hydrogen) atoms. The van der Waals surface area contributed by atoms with Crippen molar-refractivity contribution in [2.24, 2.45) is 0 Å². The van der Waals surface area contributed by atoms with E-state index in [9.17, 15) is 0 Å². The Bertz CT molecular complexity index is 540. The molecule has 0 fully saturated rings. The van der Waals surface area contributed by atoms with Gasteiger partial charge in [-0.1, -0.05) is 31.0 Å². The quantitative estimate of drug-likeness (QED) is 0.864. The van der Waals surface area contributed by atoms with Gasteiger partial charge >= 0.3 is 0 Å². The smallest absolute Gasteiger partial charge is 0.171 e. The number of hydrogen-bond acceptors (Lipinski definition) is 4. The molecule has 0 saturated heterocycles. The SMILES string of the molecule is CCCC(Nc1nc(C)c(C)nc1Cl)c1cccs1. The Hall–Kier alpha value is -1.13. The van der Waals surface area contributed by atoms with Crippen molar-refractivity contribution in [3.8, 4) is 0 Å². The number of nitrogens with one attached hydrogen (secondary N) is 1. The Labute approximate surface area is 123 Å². The van der Waals surface area contributed by atoms with Crippen LogP contribution >= 0.6 is 22.9 Å². The lowest BCUT2D eigenvalue weighted by Gasteiger charge is -2.18. The second kappa shape index (κ2) is 6.35. The molecule has 0 aromatic carbocycles. The van der Waals surface area contributed by atoms with Crippen LogP contribution in [0.25, 0.3) is 0 Å². The Kier molecular flexibility index (Phi) is 4.77. The van der Waals surface area contributed by atoms with Crippen molar-refractivity contribution in [1.82, 2.24) is 9.97 Å². The van der Waals surface area contributed by atoms with Crippen LogP contribution < -0.4 is 5.32 Å². The molecule has 3 nitrogen and oxygen atoms in total. The van der Waals surface area contributed by atoms with E-state index in [1.807, 2.05) is 13.8 Å². The molecule has 0 spiro atoms. The molecule has 1 atom stereocenters. The topological polar surface area (TPSA) is 37.8 Å². The van der Waals surface area contributed by atoms with E-state index in [1.165, 1.54) is 4.88 Å². The summed E-state index contributed by atoms with van der Waals surface area (Å²) >= 11 is 7.92. The summed E-state index contributed by atoms with van der Waals surface area (Å²) in [4.78, 5) is 10.1. The molecule has 0 aliphatic heterocycles. The molecule has 0 radical (unpaired) electrons. The van der Waals surface area contributed by atoms with Crippen molar-refractivity contribution in [3.05, 3.63) is 38.9 Å². The van der Waals surface area contributed by atoms with Gasteiger partial charge in [-0.2, -0.15) is 0 Å². The van der Waals surface area contributed by atoms with E-state index in [2.05, 4.69) is 39.7 Å². The van der Waals surface area contributed by atoms with Crippen LogP contribution in [0.3, 0.4) is 0 Å². The minimum atomic E-state index is 0.249. The highest BCUT2D eigenvalue weighted by Gasteiger charge is 2.15. The first-order valence-electron chi connectivity index (χ1n) is 6.42. The van der Waals surface area contributed by atoms with E-state index >= 15 is 0 Å². The Balaban J connectivity index is 2.24. The van der Waals surface area contributed by atoms with Crippen LogP contribution in [0.1, 0.15) is 42.1 Å². The molecule has 0 saturated carbocycles. The summed E-state index contributed by atoms with van der Waals surface area (Å²) in [7, 11) is 0. The molecule has 2 rings (SSSR count). The Morgan fingerprint density at radius 2 is 2.05 bits per heavy atom. The molecule has 0 amide bonds. The molecule has 2 heterocycles. The van der Waals surface area contributed by atoms with E-state index in [4.69, 9.17) is 11.6 Å². The summed E-state index contributed by atoms with van der Waals surface area (Å²) in [6.45, 7) is 6.04. The molecule has 1 unspecified atom stereocenters. The number of anilines is 1. The second-order valence-electron chi connectivity index (χ2n) is 4.53. The van der Waals surface area contributed by atoms with Gasteiger partial charge in [0.2, 0.25) is 0 Å². The van der Waals surface area contributed by atoms with E-state index in [0.717, 1.165) is 24.2 Å². The number of hydrogen-bond donors (Lipinski definition) is 1. The minimum absolute atomic E-state index is 0.249. The van der Waals surface area contributed by atoms with Gasteiger partial charge in [0.05, 0.1) is 17.4 Å². The zero-order chi connectivity index (χ0) is 13.8. The van der Waals surface area contributed by atoms with Gasteiger partial charge in [-0.25, -0.2) is 9.97 Å². The van der Waals surface area contributed by atoms with Gasteiger partial charge in [-0.3, -0.25) is 0 Å². The molecule has 2 aromatic rings. The van der Waals surface area contributed by atoms with E-state index < -0.39 is 0 Å². The first-order valence-corrected chi connectivity index (χ1v) is 7.68. The van der Waals surface area contributed by atoms with Crippen LogP contribution in [0, 0.1) is 13.8 Å². The first kappa shape index (κ1) is 14.3. The number of aromatic nitrogens is 2. The maximum absolute atomic E-state index is 6.17. The first-order chi connectivity index (χ1) is 9.11. The normalized spacial score (nSPS) is 12.4. The molecule has 2 aromatic heterocycles. The predicted octanol–water partition coefficient (Wildman–Crippen LogP) is 4.76. The summed E-state index contributed by atoms with van der Waals surface area (Å²) in [6.07, 6.45) is 2.15. The number of nitrogens with zero attached hydrogens (tertiary/aromatic N) is 2. The third-order valence-electron chi connectivity index (χ3n) is 3.04. The van der Waals surface area contributed by atoms with Gasteiger partial charge in [0.1, 0.15) is 0 Å². The molecular formula is C14H18ClN3S. The highest BCUT2D eigenvalue weighted by molar-refractivity contribution is 7.10. The van der Waals surface area contributed by atoms with Gasteiger partial charge in [-0.15, -0.1) is 11.3 Å². The highest BCUT2D eigenvalue weighted by atomic mass is 35.5. The van der Waals surface area contributed by atoms with Crippen molar-refractivity contribution in [2.45, 2.75) is 39.7 Å². The van der Waals surface area contributed by atoms with Crippen molar-refractivity contribution >= 4 is 28.8 Å². The summed E-state index contributed by atoms with van der Waals surface area (Å²) in [5.74, 6) is 0.677. The molecule has 102 valence electrons. The highest BCUT2D eigenvalue weighted by Crippen LogP contribution is 2.29. The fourth-order valence-electron chi connectivity index (χ4n) is 1.90. The molecule has 0 aliphatic carbocycles. The molecule has 0 aliphatic rings. The number of rotatable bonds is 5. The van der Waals surface area contributed by atoms with Gasteiger partial charge in [-0.05, 0) is 31.7 Å². The lowest BCUT2D eigenvalue weighted by Crippen LogP contribution is -2.12. The average Bonchev–Trinajstić information content (AvgIpc) is 2.89. The lowest BCUT2D eigenvalue weighted by molar-refractivity contribution is 0.683. The summed E-state index contributed by atoms with van der Waals surface area (Å²) < 4.78 is 0. The predicted molar refractivity (Wildman–Crippen MR) is 82.1 cm³/mol. The van der Waals surface area contributed by atoms with Crippen molar-refractivity contribution in [2.75, 3.05) is 5.32 Å². The Morgan fingerprint density at radius 1 is 1.32 bits per heavy atom. The summed E-state index contributed by atoms with van der Waals surface area (Å²) in [6, 6.07) is 4.46. The van der Waals surface area contributed by atoms with Gasteiger partial charge < -0.3 is 5.32 Å². The number of halogens is 1. The standard InChI is InChI=1S/C14H18ClN3S/c1-4-6-11(12-7-5-8-19-12)18-14-13(15)16-9(2)10(3)17-14/h5,7-8,11H,4,6H2,1-3H3,(H,17,18). The van der Waals surface area contributed by atoms with Crippen molar-refractivity contribution in [1.29, 1.82) is 0 Å². The molecular weight excluding hydrogens is 278 g/mol. The molecule has 5 heteroatoms. The van der Waals surface area contributed by atoms with Gasteiger partial charge in [0.25, 0.3) is 0 Å². The average molecular weight is 296 g/mol. The number of aryl methyl sites for hydroxylation is 2. The Morgan fingerprint density at radius 3 is 2.68 bits per heavy atom. The van der Waals surface area contributed by atoms with Crippen LogP contribution in [-0.4, -0.2) is 9.97 Å². The molecule has 1 N–H and O–H groups in total. The van der Waals surface area contributed by atoms with E-state index in [0.29, 0.717) is 11.0 Å². The largest absolute Gasteiger partial charge is 0.360 e. The maximum Gasteiger partial charge on any atom is 0.171 e. The van der Waals surface area contributed by atoms with Crippen LogP contribution in [0.5, 0.6) is 0 Å². The number of thiophene rings is 1.